The lowest BCUT2D eigenvalue weighted by Gasteiger charge is -2.40. The van der Waals surface area contributed by atoms with Crippen LogP contribution in [0.25, 0.3) is 0 Å². The number of guanidine groups is 1. The van der Waals surface area contributed by atoms with Crippen molar-refractivity contribution in [3.63, 3.8) is 0 Å². The average Bonchev–Trinajstić information content (AvgIpc) is 3.12. The van der Waals surface area contributed by atoms with Crippen molar-refractivity contribution in [2.24, 2.45) is 4.99 Å². The maximum Gasteiger partial charge on any atom is 0.325 e. The summed E-state index contributed by atoms with van der Waals surface area (Å²) in [5.74, 6) is 0.596. The van der Waals surface area contributed by atoms with Gasteiger partial charge in [-0.05, 0) is 24.9 Å². The van der Waals surface area contributed by atoms with Crippen LogP contribution in [-0.4, -0.2) is 96.0 Å². The molecule has 0 aromatic heterocycles. The summed E-state index contributed by atoms with van der Waals surface area (Å²) in [5.41, 5.74) is 1.23. The summed E-state index contributed by atoms with van der Waals surface area (Å²) < 4.78 is 0. The van der Waals surface area contributed by atoms with Crippen LogP contribution in [-0.2, 0) is 11.2 Å². The Balaban J connectivity index is 1.54. The molecule has 1 aromatic carbocycles. The second-order valence-electron chi connectivity index (χ2n) is 7.95. The van der Waals surface area contributed by atoms with Crippen LogP contribution in [0.2, 0.25) is 0 Å². The number of urea groups is 1. The van der Waals surface area contributed by atoms with Crippen LogP contribution < -0.4 is 5.32 Å². The van der Waals surface area contributed by atoms with E-state index in [-0.39, 0.29) is 11.9 Å². The van der Waals surface area contributed by atoms with Crippen molar-refractivity contribution in [2.45, 2.75) is 32.0 Å². The fourth-order valence-corrected chi connectivity index (χ4v) is 4.40. The summed E-state index contributed by atoms with van der Waals surface area (Å²) >= 11 is 0. The SMILES string of the molecule is CCCN1CCN(C2=NC3C(C(=O)NC(=O)N3C)N2CCc2ccccc2)CC1. The van der Waals surface area contributed by atoms with Gasteiger partial charge in [-0.25, -0.2) is 9.79 Å². The van der Waals surface area contributed by atoms with Crippen LogP contribution in [0.1, 0.15) is 18.9 Å². The summed E-state index contributed by atoms with van der Waals surface area (Å²) in [5, 5.41) is 2.48. The van der Waals surface area contributed by atoms with Crippen LogP contribution in [0.4, 0.5) is 4.79 Å². The van der Waals surface area contributed by atoms with E-state index in [1.54, 1.807) is 11.9 Å². The highest BCUT2D eigenvalue weighted by atomic mass is 16.2. The molecule has 3 heterocycles. The standard InChI is InChI=1S/C21H30N6O2/c1-3-10-25-12-14-26(15-13-25)20-22-18-17(19(28)23-21(29)24(18)2)27(20)11-9-16-7-5-4-6-8-16/h4-8,17-18H,3,9-15H2,1-2H3,(H,23,28,29). The number of nitrogens with one attached hydrogen (secondary N) is 1. The molecule has 3 aliphatic heterocycles. The Labute approximate surface area is 172 Å². The van der Waals surface area contributed by atoms with E-state index in [2.05, 4.69) is 39.1 Å². The number of hydrogen-bond acceptors (Lipinski definition) is 6. The predicted octanol–water partition coefficient (Wildman–Crippen LogP) is 0.805. The molecule has 3 amide bonds. The van der Waals surface area contributed by atoms with Crippen molar-refractivity contribution >= 4 is 17.9 Å². The van der Waals surface area contributed by atoms with Gasteiger partial charge in [-0.15, -0.1) is 0 Å². The largest absolute Gasteiger partial charge is 0.340 e. The molecule has 2 saturated heterocycles. The van der Waals surface area contributed by atoms with Gasteiger partial charge in [0.1, 0.15) is 0 Å². The molecular weight excluding hydrogens is 368 g/mol. The smallest absolute Gasteiger partial charge is 0.325 e. The fraction of sp³-hybridized carbons (Fsp3) is 0.571. The van der Waals surface area contributed by atoms with Gasteiger partial charge in [0.2, 0.25) is 0 Å². The highest BCUT2D eigenvalue weighted by Crippen LogP contribution is 2.26. The number of carbonyl (C=O) groups excluding carboxylic acids is 2. The fourth-order valence-electron chi connectivity index (χ4n) is 4.40. The van der Waals surface area contributed by atoms with Crippen LogP contribution in [0.15, 0.2) is 35.3 Å². The molecule has 1 aromatic rings. The summed E-state index contributed by atoms with van der Waals surface area (Å²) in [6.45, 7) is 7.77. The first kappa shape index (κ1) is 19.7. The third-order valence-corrected chi connectivity index (χ3v) is 6.02. The van der Waals surface area contributed by atoms with E-state index in [4.69, 9.17) is 4.99 Å². The van der Waals surface area contributed by atoms with Gasteiger partial charge >= 0.3 is 6.03 Å². The third-order valence-electron chi connectivity index (χ3n) is 6.02. The van der Waals surface area contributed by atoms with E-state index in [9.17, 15) is 9.59 Å². The Morgan fingerprint density at radius 2 is 1.79 bits per heavy atom. The second-order valence-corrected chi connectivity index (χ2v) is 7.95. The molecule has 0 spiro atoms. The molecule has 8 nitrogen and oxygen atoms in total. The zero-order valence-electron chi connectivity index (χ0n) is 17.3. The molecular formula is C21H30N6O2. The van der Waals surface area contributed by atoms with Gasteiger partial charge in [0.15, 0.2) is 18.2 Å². The molecule has 0 bridgehead atoms. The number of benzene rings is 1. The number of aliphatic imine (C=N–C) groups is 1. The van der Waals surface area contributed by atoms with Crippen molar-refractivity contribution < 1.29 is 9.59 Å². The molecule has 29 heavy (non-hydrogen) atoms. The third kappa shape index (κ3) is 3.94. The molecule has 2 atom stereocenters. The minimum atomic E-state index is -0.468. The van der Waals surface area contributed by atoms with E-state index >= 15 is 0 Å². The number of imide groups is 1. The van der Waals surface area contributed by atoms with Gasteiger partial charge in [0.25, 0.3) is 5.91 Å². The normalized spacial score (nSPS) is 25.2. The number of amides is 3. The number of carbonyl (C=O) groups is 2. The number of nitrogens with zero attached hydrogens (tertiary/aromatic N) is 5. The summed E-state index contributed by atoms with van der Waals surface area (Å²) in [6.07, 6.45) is 1.52. The zero-order chi connectivity index (χ0) is 20.4. The molecule has 4 rings (SSSR count). The van der Waals surface area contributed by atoms with Gasteiger partial charge in [-0.2, -0.15) is 0 Å². The van der Waals surface area contributed by atoms with Crippen molar-refractivity contribution in [2.75, 3.05) is 46.3 Å². The van der Waals surface area contributed by atoms with Gasteiger partial charge in [0, 0.05) is 39.8 Å². The molecule has 156 valence electrons. The number of rotatable bonds is 5. The highest BCUT2D eigenvalue weighted by Gasteiger charge is 2.49. The average molecular weight is 399 g/mol. The number of piperazine rings is 1. The zero-order valence-corrected chi connectivity index (χ0v) is 17.3. The first-order valence-electron chi connectivity index (χ1n) is 10.5. The molecule has 0 saturated carbocycles. The minimum Gasteiger partial charge on any atom is -0.340 e. The van der Waals surface area contributed by atoms with Gasteiger partial charge < -0.3 is 14.7 Å². The van der Waals surface area contributed by atoms with Crippen molar-refractivity contribution in [1.29, 1.82) is 0 Å². The quantitative estimate of drug-likeness (QED) is 0.795. The lowest BCUT2D eigenvalue weighted by atomic mass is 10.1. The second kappa shape index (κ2) is 8.41. The lowest BCUT2D eigenvalue weighted by molar-refractivity contribution is -0.127. The van der Waals surface area contributed by atoms with Crippen molar-refractivity contribution in [3.8, 4) is 0 Å². The lowest BCUT2D eigenvalue weighted by Crippen LogP contribution is -2.64. The first-order valence-corrected chi connectivity index (χ1v) is 10.5. The summed E-state index contributed by atoms with van der Waals surface area (Å²) in [4.78, 5) is 38.1. The maximum atomic E-state index is 12.7. The summed E-state index contributed by atoms with van der Waals surface area (Å²) in [6, 6.07) is 9.43. The van der Waals surface area contributed by atoms with Crippen LogP contribution in [0, 0.1) is 0 Å². The topological polar surface area (TPSA) is 71.5 Å². The molecule has 0 radical (unpaired) electrons. The molecule has 2 unspecified atom stereocenters. The Morgan fingerprint density at radius 3 is 2.48 bits per heavy atom. The van der Waals surface area contributed by atoms with E-state index in [0.29, 0.717) is 6.54 Å². The van der Waals surface area contributed by atoms with Crippen molar-refractivity contribution in [3.05, 3.63) is 35.9 Å². The van der Waals surface area contributed by atoms with Gasteiger partial charge in [0.05, 0.1) is 0 Å². The predicted molar refractivity (Wildman–Crippen MR) is 111 cm³/mol. The maximum absolute atomic E-state index is 12.7. The first-order chi connectivity index (χ1) is 14.1. The van der Waals surface area contributed by atoms with Crippen LogP contribution in [0.5, 0.6) is 0 Å². The molecule has 0 aliphatic carbocycles. The van der Waals surface area contributed by atoms with E-state index in [1.165, 1.54) is 5.56 Å². The Kier molecular flexibility index (Phi) is 5.71. The highest BCUT2D eigenvalue weighted by molar-refractivity contribution is 6.03. The van der Waals surface area contributed by atoms with Crippen LogP contribution in [0.3, 0.4) is 0 Å². The van der Waals surface area contributed by atoms with Crippen LogP contribution >= 0.6 is 0 Å². The Hall–Kier alpha value is -2.61. The number of likely N-dealkylation sites (N-methyl/N-ethyl adjacent to an activating group) is 1. The van der Waals surface area contributed by atoms with Gasteiger partial charge in [-0.1, -0.05) is 37.3 Å². The minimum absolute atomic E-state index is 0.255. The number of hydrogen-bond donors (Lipinski definition) is 1. The van der Waals surface area contributed by atoms with E-state index in [1.807, 2.05) is 18.2 Å². The molecule has 3 aliphatic rings. The molecule has 2 fully saturated rings. The molecule has 8 heteroatoms. The Morgan fingerprint density at radius 1 is 1.07 bits per heavy atom. The van der Waals surface area contributed by atoms with Gasteiger partial charge in [-0.3, -0.25) is 15.0 Å². The number of fused-ring (bicyclic) bond motifs is 1. The monoisotopic (exact) mass is 398 g/mol. The van der Waals surface area contributed by atoms with Crippen molar-refractivity contribution in [1.82, 2.24) is 24.9 Å². The summed E-state index contributed by atoms with van der Waals surface area (Å²) in [7, 11) is 1.71. The molecule has 1 N–H and O–H groups in total. The Bertz CT molecular complexity index is 775. The van der Waals surface area contributed by atoms with E-state index in [0.717, 1.165) is 51.5 Å². The van der Waals surface area contributed by atoms with E-state index < -0.39 is 12.2 Å².